The summed E-state index contributed by atoms with van der Waals surface area (Å²) in [4.78, 5) is 0. The number of aryl methyl sites for hydroxylation is 2. The molecule has 2 heterocycles. The van der Waals surface area contributed by atoms with Crippen molar-refractivity contribution in [2.75, 3.05) is 7.11 Å². The predicted octanol–water partition coefficient (Wildman–Crippen LogP) is 4.59. The lowest BCUT2D eigenvalue weighted by Gasteiger charge is -2.25. The van der Waals surface area contributed by atoms with E-state index < -0.39 is 5.92 Å². The zero-order valence-electron chi connectivity index (χ0n) is 17.3. The van der Waals surface area contributed by atoms with Crippen molar-refractivity contribution in [1.82, 2.24) is 10.2 Å². The number of benzene rings is 2. The first kappa shape index (κ1) is 20.8. The monoisotopic (exact) mass is 480 g/mol. The van der Waals surface area contributed by atoms with Crippen LogP contribution in [0.25, 0.3) is 0 Å². The van der Waals surface area contributed by atoms with Gasteiger partial charge in [-0.05, 0) is 58.6 Å². The van der Waals surface area contributed by atoms with Crippen molar-refractivity contribution in [1.29, 1.82) is 5.26 Å². The molecule has 1 aliphatic rings. The summed E-state index contributed by atoms with van der Waals surface area (Å²) >= 11 is 3.61. The molecule has 0 amide bonds. The second-order valence-electron chi connectivity index (χ2n) is 7.24. The lowest BCUT2D eigenvalue weighted by Crippen LogP contribution is -2.21. The number of allylic oxidation sites excluding steroid dienone is 1. The van der Waals surface area contributed by atoms with Crippen LogP contribution in [0.5, 0.6) is 17.4 Å². The van der Waals surface area contributed by atoms with E-state index in [0.29, 0.717) is 34.0 Å². The zero-order chi connectivity index (χ0) is 22.1. The predicted molar refractivity (Wildman–Crippen MR) is 119 cm³/mol. The third-order valence-electron chi connectivity index (χ3n) is 5.35. The number of hydrogen-bond donors (Lipinski definition) is 2. The van der Waals surface area contributed by atoms with E-state index >= 15 is 0 Å². The molecule has 0 aliphatic carbocycles. The second kappa shape index (κ2) is 8.36. The number of fused-ring (bicyclic) bond motifs is 1. The van der Waals surface area contributed by atoms with E-state index in [1.165, 1.54) is 0 Å². The number of hydrogen-bond acceptors (Lipinski definition) is 6. The summed E-state index contributed by atoms with van der Waals surface area (Å²) in [7, 11) is 1.58. The van der Waals surface area contributed by atoms with Crippen LogP contribution < -0.4 is 19.9 Å². The molecule has 1 aliphatic heterocycles. The minimum Gasteiger partial charge on any atom is -0.493 e. The fraction of sp³-hybridized carbons (Fsp3) is 0.217. The Labute approximate surface area is 188 Å². The first-order valence-corrected chi connectivity index (χ1v) is 10.4. The average molecular weight is 481 g/mol. The lowest BCUT2D eigenvalue weighted by molar-refractivity contribution is 0.281. The Bertz CT molecular complexity index is 1230. The highest BCUT2D eigenvalue weighted by molar-refractivity contribution is 9.10. The van der Waals surface area contributed by atoms with Crippen molar-refractivity contribution in [3.8, 4) is 23.4 Å². The Morgan fingerprint density at radius 1 is 1.29 bits per heavy atom. The number of rotatable bonds is 5. The molecular formula is C23H21BrN4O3. The van der Waals surface area contributed by atoms with Crippen LogP contribution in [0.3, 0.4) is 0 Å². The molecule has 0 spiro atoms. The van der Waals surface area contributed by atoms with Gasteiger partial charge in [-0.25, -0.2) is 0 Å². The fourth-order valence-corrected chi connectivity index (χ4v) is 4.27. The number of ether oxygens (including phenoxy) is 3. The molecule has 0 radical (unpaired) electrons. The molecular weight excluding hydrogens is 460 g/mol. The van der Waals surface area contributed by atoms with Gasteiger partial charge in [0.2, 0.25) is 11.8 Å². The van der Waals surface area contributed by atoms with Crippen LogP contribution in [0.15, 0.2) is 52.3 Å². The molecule has 2 aromatic carbocycles. The number of nitrogens with two attached hydrogens (primary N) is 1. The number of methoxy groups -OCH3 is 1. The van der Waals surface area contributed by atoms with Crippen LogP contribution in [0.4, 0.5) is 0 Å². The van der Waals surface area contributed by atoms with Gasteiger partial charge < -0.3 is 19.9 Å². The van der Waals surface area contributed by atoms with Gasteiger partial charge in [0, 0.05) is 11.3 Å². The number of halogens is 1. The third kappa shape index (κ3) is 3.73. The van der Waals surface area contributed by atoms with Crippen LogP contribution in [-0.2, 0) is 6.61 Å². The summed E-state index contributed by atoms with van der Waals surface area (Å²) < 4.78 is 18.0. The quantitative estimate of drug-likeness (QED) is 0.552. The molecule has 3 N–H and O–H groups in total. The van der Waals surface area contributed by atoms with Gasteiger partial charge in [-0.1, -0.05) is 24.3 Å². The largest absolute Gasteiger partial charge is 0.493 e. The van der Waals surface area contributed by atoms with Crippen molar-refractivity contribution in [3.05, 3.63) is 80.3 Å². The van der Waals surface area contributed by atoms with E-state index in [-0.39, 0.29) is 5.88 Å². The van der Waals surface area contributed by atoms with E-state index in [2.05, 4.69) is 32.2 Å². The molecule has 1 atom stereocenters. The lowest BCUT2D eigenvalue weighted by atomic mass is 9.84. The topological polar surface area (TPSA) is 106 Å². The summed E-state index contributed by atoms with van der Waals surface area (Å²) in [5, 5.41) is 16.8. The molecule has 0 saturated carbocycles. The Morgan fingerprint density at radius 2 is 2.06 bits per heavy atom. The highest BCUT2D eigenvalue weighted by atomic mass is 79.9. The van der Waals surface area contributed by atoms with Gasteiger partial charge in [-0.15, -0.1) is 5.10 Å². The summed E-state index contributed by atoms with van der Waals surface area (Å²) in [6.45, 7) is 4.33. The molecule has 3 aromatic rings. The number of nitrogens with zero attached hydrogens (tertiary/aromatic N) is 2. The number of nitriles is 1. The van der Waals surface area contributed by atoms with Crippen molar-refractivity contribution < 1.29 is 14.2 Å². The van der Waals surface area contributed by atoms with Crippen LogP contribution >= 0.6 is 15.9 Å². The maximum atomic E-state index is 9.77. The minimum atomic E-state index is -0.442. The summed E-state index contributed by atoms with van der Waals surface area (Å²) in [6, 6.07) is 14.0. The van der Waals surface area contributed by atoms with Crippen LogP contribution in [0.2, 0.25) is 0 Å². The summed E-state index contributed by atoms with van der Waals surface area (Å²) in [5.41, 5.74) is 11.0. The number of nitrogens with one attached hydrogen (secondary N) is 1. The van der Waals surface area contributed by atoms with Gasteiger partial charge in [0.15, 0.2) is 11.5 Å². The molecule has 0 saturated heterocycles. The van der Waals surface area contributed by atoms with Gasteiger partial charge in [0.1, 0.15) is 18.2 Å². The smallest absolute Gasteiger partial charge is 0.244 e. The highest BCUT2D eigenvalue weighted by Crippen LogP contribution is 2.46. The van der Waals surface area contributed by atoms with Crippen molar-refractivity contribution in [2.45, 2.75) is 26.4 Å². The van der Waals surface area contributed by atoms with E-state index in [1.807, 2.05) is 50.2 Å². The van der Waals surface area contributed by atoms with E-state index in [1.54, 1.807) is 7.11 Å². The van der Waals surface area contributed by atoms with Crippen molar-refractivity contribution in [2.24, 2.45) is 5.73 Å². The van der Waals surface area contributed by atoms with Gasteiger partial charge >= 0.3 is 0 Å². The number of aromatic amines is 1. The van der Waals surface area contributed by atoms with Gasteiger partial charge in [0.05, 0.1) is 17.5 Å². The molecule has 4 rings (SSSR count). The Balaban J connectivity index is 1.75. The van der Waals surface area contributed by atoms with E-state index in [0.717, 1.165) is 27.9 Å². The summed E-state index contributed by atoms with van der Waals surface area (Å²) in [6.07, 6.45) is 0. The number of aromatic nitrogens is 2. The molecule has 1 aromatic heterocycles. The minimum absolute atomic E-state index is 0.0430. The van der Waals surface area contributed by atoms with Crippen molar-refractivity contribution in [3.63, 3.8) is 0 Å². The van der Waals surface area contributed by atoms with Crippen molar-refractivity contribution >= 4 is 15.9 Å². The van der Waals surface area contributed by atoms with Gasteiger partial charge in [-0.3, -0.25) is 5.10 Å². The molecule has 0 bridgehead atoms. The summed E-state index contributed by atoms with van der Waals surface area (Å²) in [5.74, 6) is 1.10. The molecule has 8 heteroatoms. The normalized spacial score (nSPS) is 15.1. The molecule has 31 heavy (non-hydrogen) atoms. The molecule has 158 valence electrons. The van der Waals surface area contributed by atoms with Gasteiger partial charge in [-0.2, -0.15) is 5.26 Å². The molecule has 0 unspecified atom stereocenters. The van der Waals surface area contributed by atoms with Crippen LogP contribution in [-0.4, -0.2) is 17.3 Å². The first-order chi connectivity index (χ1) is 14.9. The van der Waals surface area contributed by atoms with Crippen LogP contribution in [0, 0.1) is 25.2 Å². The Morgan fingerprint density at radius 3 is 2.77 bits per heavy atom. The maximum Gasteiger partial charge on any atom is 0.244 e. The molecule has 7 nitrogen and oxygen atoms in total. The maximum absolute atomic E-state index is 9.77. The standard InChI is InChI=1S/C23H21BrN4O3/c1-12-6-4-5-7-14(12)11-30-21-17(24)8-15(9-18(21)29-3)20-16(10-25)22(26)31-23-19(20)13(2)27-28-23/h4-9,20H,11,26H2,1-3H3,(H,27,28)/t20-/m0/s1. The number of H-pyrrole nitrogens is 1. The second-order valence-corrected chi connectivity index (χ2v) is 8.10. The fourth-order valence-electron chi connectivity index (χ4n) is 3.70. The molecule has 0 fully saturated rings. The third-order valence-corrected chi connectivity index (χ3v) is 5.94. The SMILES string of the molecule is COc1cc([C@H]2C(C#N)=C(N)Oc3n[nH]c(C)c32)cc(Br)c1OCc1ccccc1C. The van der Waals surface area contributed by atoms with Crippen LogP contribution in [0.1, 0.15) is 33.9 Å². The van der Waals surface area contributed by atoms with Gasteiger partial charge in [0.25, 0.3) is 0 Å². The Hall–Kier alpha value is -3.44. The Kier molecular flexibility index (Phi) is 5.61. The van der Waals surface area contributed by atoms with E-state index in [9.17, 15) is 5.26 Å². The average Bonchev–Trinajstić information content (AvgIpc) is 3.12. The highest BCUT2D eigenvalue weighted by Gasteiger charge is 2.35. The zero-order valence-corrected chi connectivity index (χ0v) is 18.9. The first-order valence-electron chi connectivity index (χ1n) is 9.61. The van der Waals surface area contributed by atoms with E-state index in [4.69, 9.17) is 19.9 Å².